The highest BCUT2D eigenvalue weighted by atomic mass is 32.2. The average Bonchev–Trinajstić information content (AvgIpc) is 3.24. The lowest BCUT2D eigenvalue weighted by Gasteiger charge is -2.21. The van der Waals surface area contributed by atoms with Crippen LogP contribution in [0.3, 0.4) is 0 Å². The molecule has 0 saturated heterocycles. The molecule has 1 aliphatic heterocycles. The number of non-ortho nitro benzene ring substituents is 1. The summed E-state index contributed by atoms with van der Waals surface area (Å²) >= 11 is 1.35. The fourth-order valence-corrected chi connectivity index (χ4v) is 4.62. The van der Waals surface area contributed by atoms with E-state index < -0.39 is 10.7 Å². The highest BCUT2D eigenvalue weighted by molar-refractivity contribution is 7.98. The van der Waals surface area contributed by atoms with Gasteiger partial charge in [-0.3, -0.25) is 14.7 Å². The van der Waals surface area contributed by atoms with Crippen LogP contribution in [-0.2, 0) is 28.4 Å². The van der Waals surface area contributed by atoms with Gasteiger partial charge < -0.3 is 18.9 Å². The van der Waals surface area contributed by atoms with E-state index in [4.69, 9.17) is 18.9 Å². The van der Waals surface area contributed by atoms with Crippen LogP contribution in [0.15, 0.2) is 41.6 Å². The summed E-state index contributed by atoms with van der Waals surface area (Å²) in [6.45, 7) is 2.67. The number of hydrogen-bond acceptors (Lipinski definition) is 9. The monoisotopic (exact) mass is 490 g/mol. The smallest absolute Gasteiger partial charge is 0.270 e. The number of nitrogens with zero attached hydrogens (tertiary/aromatic N) is 4. The van der Waals surface area contributed by atoms with Crippen molar-refractivity contribution in [2.24, 2.45) is 0 Å². The quantitative estimate of drug-likeness (QED) is 0.234. The van der Waals surface area contributed by atoms with Crippen LogP contribution in [0, 0.1) is 15.9 Å². The van der Waals surface area contributed by atoms with E-state index in [1.807, 2.05) is 11.5 Å². The molecule has 1 aromatic heterocycles. The van der Waals surface area contributed by atoms with Gasteiger partial charge in [-0.15, -0.1) is 10.2 Å². The fraction of sp³-hybridized carbons (Fsp3) is 0.364. The zero-order chi connectivity index (χ0) is 24.1. The molecular formula is C22H23FN4O6S. The summed E-state index contributed by atoms with van der Waals surface area (Å²) in [5.41, 5.74) is 1.26. The Morgan fingerprint density at radius 1 is 1.32 bits per heavy atom. The first-order valence-electron chi connectivity index (χ1n) is 10.4. The molecule has 0 spiro atoms. The normalized spacial score (nSPS) is 13.7. The maximum Gasteiger partial charge on any atom is 0.270 e. The number of fused-ring (bicyclic) bond motifs is 1. The molecule has 0 saturated carbocycles. The van der Waals surface area contributed by atoms with Crippen LogP contribution in [0.5, 0.6) is 11.5 Å². The van der Waals surface area contributed by atoms with Gasteiger partial charge in [-0.25, -0.2) is 4.39 Å². The van der Waals surface area contributed by atoms with Crippen molar-refractivity contribution in [3.8, 4) is 11.5 Å². The van der Waals surface area contributed by atoms with Gasteiger partial charge in [0, 0.05) is 36.1 Å². The van der Waals surface area contributed by atoms with Gasteiger partial charge >= 0.3 is 0 Å². The summed E-state index contributed by atoms with van der Waals surface area (Å²) in [7, 11) is 1.60. The Balaban J connectivity index is 1.58. The van der Waals surface area contributed by atoms with Crippen molar-refractivity contribution in [1.82, 2.24) is 14.8 Å². The van der Waals surface area contributed by atoms with Gasteiger partial charge in [-0.1, -0.05) is 23.9 Å². The van der Waals surface area contributed by atoms with E-state index in [1.165, 1.54) is 30.0 Å². The molecule has 1 atom stereocenters. The second-order valence-corrected chi connectivity index (χ2v) is 8.48. The summed E-state index contributed by atoms with van der Waals surface area (Å²) in [4.78, 5) is 10.9. The molecule has 1 aliphatic rings. The number of rotatable bonds is 10. The lowest BCUT2D eigenvalue weighted by atomic mass is 10.1. The first kappa shape index (κ1) is 23.9. The van der Waals surface area contributed by atoms with Crippen LogP contribution in [0.1, 0.15) is 29.9 Å². The molecule has 34 heavy (non-hydrogen) atoms. The number of nitro groups is 1. The molecule has 10 nitrogen and oxygen atoms in total. The number of hydrogen-bond donors (Lipinski definition) is 0. The average molecular weight is 491 g/mol. The third kappa shape index (κ3) is 5.29. The Morgan fingerprint density at radius 3 is 2.91 bits per heavy atom. The van der Waals surface area contributed by atoms with Gasteiger partial charge in [0.1, 0.15) is 12.4 Å². The lowest BCUT2D eigenvalue weighted by Crippen LogP contribution is -2.17. The van der Waals surface area contributed by atoms with Crippen LogP contribution >= 0.6 is 11.8 Å². The second-order valence-electron chi connectivity index (χ2n) is 7.54. The van der Waals surface area contributed by atoms with E-state index in [0.29, 0.717) is 40.2 Å². The van der Waals surface area contributed by atoms with Crippen molar-refractivity contribution in [3.05, 3.63) is 69.3 Å². The molecule has 0 unspecified atom stereocenters. The van der Waals surface area contributed by atoms with Crippen molar-refractivity contribution in [1.29, 1.82) is 0 Å². The van der Waals surface area contributed by atoms with E-state index >= 15 is 0 Å². The highest BCUT2D eigenvalue weighted by Crippen LogP contribution is 2.36. The van der Waals surface area contributed by atoms with Gasteiger partial charge in [0.05, 0.1) is 24.2 Å². The molecule has 0 bridgehead atoms. The summed E-state index contributed by atoms with van der Waals surface area (Å²) in [5.74, 6) is 1.10. The fourth-order valence-electron chi connectivity index (χ4n) is 3.60. The SMILES string of the molecule is COC[C@@H](C)n1c(COc2ccccc2F)nnc1SCc1cc([N+](=O)[O-])cc2c1OCOC2. The number of methoxy groups -OCH3 is 1. The predicted molar refractivity (Wildman–Crippen MR) is 120 cm³/mol. The molecule has 0 radical (unpaired) electrons. The van der Waals surface area contributed by atoms with Gasteiger partial charge in [-0.2, -0.15) is 0 Å². The Labute approximate surface area is 199 Å². The van der Waals surface area contributed by atoms with Crippen molar-refractivity contribution in [2.75, 3.05) is 20.5 Å². The summed E-state index contributed by atoms with van der Waals surface area (Å²) < 4.78 is 37.6. The molecule has 2 heterocycles. The van der Waals surface area contributed by atoms with E-state index in [1.54, 1.807) is 25.3 Å². The number of nitro benzene ring substituents is 1. The number of para-hydroxylation sites is 1. The minimum atomic E-state index is -0.465. The zero-order valence-corrected chi connectivity index (χ0v) is 19.4. The van der Waals surface area contributed by atoms with Crippen LogP contribution in [0.4, 0.5) is 10.1 Å². The number of thioether (sulfide) groups is 1. The first-order valence-corrected chi connectivity index (χ1v) is 11.4. The van der Waals surface area contributed by atoms with Crippen molar-refractivity contribution in [3.63, 3.8) is 0 Å². The molecule has 180 valence electrons. The van der Waals surface area contributed by atoms with Crippen LogP contribution in [0.25, 0.3) is 0 Å². The third-order valence-electron chi connectivity index (χ3n) is 5.12. The van der Waals surface area contributed by atoms with E-state index in [-0.39, 0.29) is 37.5 Å². The standard InChI is InChI=1S/C22H23FN4O6S/c1-14(9-30-2)26-20(11-32-19-6-4-3-5-18(19)23)24-25-22(26)34-12-16-8-17(27(28)29)7-15-10-31-13-33-21(15)16/h3-8,14H,9-13H2,1-2H3/t14-/m1/s1. The molecule has 0 fully saturated rings. The number of aromatic nitrogens is 3. The highest BCUT2D eigenvalue weighted by Gasteiger charge is 2.23. The summed E-state index contributed by atoms with van der Waals surface area (Å²) in [6.07, 6.45) is 0. The molecule has 12 heteroatoms. The molecule has 4 rings (SSSR count). The van der Waals surface area contributed by atoms with E-state index in [0.717, 1.165) is 0 Å². The largest absolute Gasteiger partial charge is 0.483 e. The predicted octanol–water partition coefficient (Wildman–Crippen LogP) is 4.27. The Kier molecular flexibility index (Phi) is 7.60. The Bertz CT molecular complexity index is 1170. The van der Waals surface area contributed by atoms with Crippen LogP contribution in [-0.4, -0.2) is 40.2 Å². The molecule has 0 aliphatic carbocycles. The number of benzene rings is 2. The van der Waals surface area contributed by atoms with Gasteiger partial charge in [0.15, 0.2) is 29.3 Å². The molecular weight excluding hydrogens is 467 g/mol. The second kappa shape index (κ2) is 10.8. The maximum absolute atomic E-state index is 14.0. The van der Waals surface area contributed by atoms with Crippen molar-refractivity contribution < 1.29 is 28.3 Å². The lowest BCUT2D eigenvalue weighted by molar-refractivity contribution is -0.385. The Morgan fingerprint density at radius 2 is 2.15 bits per heavy atom. The molecule has 0 N–H and O–H groups in total. The van der Waals surface area contributed by atoms with Crippen molar-refractivity contribution >= 4 is 17.4 Å². The third-order valence-corrected chi connectivity index (χ3v) is 6.11. The van der Waals surface area contributed by atoms with E-state index in [2.05, 4.69) is 10.2 Å². The number of ether oxygens (including phenoxy) is 4. The van der Waals surface area contributed by atoms with Gasteiger partial charge in [0.2, 0.25) is 0 Å². The van der Waals surface area contributed by atoms with Crippen molar-refractivity contribution in [2.45, 2.75) is 37.1 Å². The number of halogens is 1. The maximum atomic E-state index is 14.0. The van der Waals surface area contributed by atoms with E-state index in [9.17, 15) is 14.5 Å². The minimum Gasteiger partial charge on any atom is -0.483 e. The van der Waals surface area contributed by atoms with Crippen LogP contribution < -0.4 is 9.47 Å². The topological polar surface area (TPSA) is 111 Å². The first-order chi connectivity index (χ1) is 16.5. The van der Waals surface area contributed by atoms with Gasteiger partial charge in [-0.05, 0) is 19.1 Å². The summed E-state index contributed by atoms with van der Waals surface area (Å²) in [6, 6.07) is 8.96. The minimum absolute atomic E-state index is 0.00913. The molecule has 0 amide bonds. The van der Waals surface area contributed by atoms with Crippen LogP contribution in [0.2, 0.25) is 0 Å². The van der Waals surface area contributed by atoms with Gasteiger partial charge in [0.25, 0.3) is 5.69 Å². The Hall–Kier alpha value is -3.22. The molecule has 3 aromatic rings. The summed E-state index contributed by atoms with van der Waals surface area (Å²) in [5, 5.41) is 20.5. The zero-order valence-electron chi connectivity index (χ0n) is 18.6. The molecule has 2 aromatic carbocycles.